The van der Waals surface area contributed by atoms with Crippen molar-refractivity contribution < 1.29 is 14.7 Å². The minimum absolute atomic E-state index is 0.0375. The summed E-state index contributed by atoms with van der Waals surface area (Å²) in [5.74, 6) is -1.46. The molecule has 84 valence electrons. The fraction of sp³-hybridized carbons (Fsp3) is 0.800. The highest BCUT2D eigenvalue weighted by atomic mass is 16.4. The third kappa shape index (κ3) is 2.12. The zero-order valence-corrected chi connectivity index (χ0v) is 8.85. The predicted octanol–water partition coefficient (Wildman–Crippen LogP) is -0.519. The van der Waals surface area contributed by atoms with Gasteiger partial charge in [0.2, 0.25) is 5.91 Å². The number of carboxylic acids is 1. The van der Waals surface area contributed by atoms with Gasteiger partial charge in [-0.15, -0.1) is 0 Å². The van der Waals surface area contributed by atoms with Crippen LogP contribution in [-0.2, 0) is 9.59 Å². The molecule has 1 saturated heterocycles. The van der Waals surface area contributed by atoms with Crippen molar-refractivity contribution in [3.63, 3.8) is 0 Å². The van der Waals surface area contributed by atoms with Crippen molar-refractivity contribution in [2.24, 2.45) is 11.8 Å². The quantitative estimate of drug-likeness (QED) is 0.669. The number of rotatable bonds is 2. The summed E-state index contributed by atoms with van der Waals surface area (Å²) in [6.45, 7) is 3.24. The average molecular weight is 212 g/mol. The Kier molecular flexibility index (Phi) is 2.65. The van der Waals surface area contributed by atoms with Crippen molar-refractivity contribution in [1.82, 2.24) is 9.80 Å². The first-order valence-corrected chi connectivity index (χ1v) is 5.29. The summed E-state index contributed by atoms with van der Waals surface area (Å²) < 4.78 is 0. The van der Waals surface area contributed by atoms with Crippen molar-refractivity contribution in [3.8, 4) is 0 Å². The molecular weight excluding hydrogens is 196 g/mol. The summed E-state index contributed by atoms with van der Waals surface area (Å²) >= 11 is 0. The fourth-order valence-electron chi connectivity index (χ4n) is 2.00. The topological polar surface area (TPSA) is 60.9 Å². The molecular formula is C10H16N2O3. The number of likely N-dealkylation sites (N-methyl/N-ethyl adjacent to an activating group) is 1. The number of aliphatic carboxylic acids is 1. The molecule has 2 rings (SSSR count). The molecule has 0 spiro atoms. The summed E-state index contributed by atoms with van der Waals surface area (Å²) in [6, 6.07) is 0. The zero-order valence-electron chi connectivity index (χ0n) is 8.85. The van der Waals surface area contributed by atoms with E-state index in [0.717, 1.165) is 26.2 Å². The van der Waals surface area contributed by atoms with Crippen molar-refractivity contribution in [1.29, 1.82) is 0 Å². The number of amides is 1. The Bertz CT molecular complexity index is 284. The SMILES string of the molecule is CN1CCN(C(=O)C2CC2C(=O)O)CC1. The van der Waals surface area contributed by atoms with E-state index >= 15 is 0 Å². The molecule has 1 aliphatic carbocycles. The molecule has 1 aliphatic heterocycles. The van der Waals surface area contributed by atoms with Gasteiger partial charge in [-0.2, -0.15) is 0 Å². The number of hydrogen-bond donors (Lipinski definition) is 1. The normalized spacial score (nSPS) is 31.4. The van der Waals surface area contributed by atoms with Gasteiger partial charge in [0.1, 0.15) is 0 Å². The maximum atomic E-state index is 11.8. The highest BCUT2D eigenvalue weighted by Crippen LogP contribution is 2.40. The Morgan fingerprint density at radius 2 is 1.73 bits per heavy atom. The summed E-state index contributed by atoms with van der Waals surface area (Å²) in [6.07, 6.45) is 0.528. The second kappa shape index (κ2) is 3.81. The molecule has 1 saturated carbocycles. The lowest BCUT2D eigenvalue weighted by Crippen LogP contribution is -2.47. The lowest BCUT2D eigenvalue weighted by atomic mass is 10.2. The van der Waals surface area contributed by atoms with Crippen LogP contribution in [0.3, 0.4) is 0 Å². The second-order valence-electron chi connectivity index (χ2n) is 4.42. The van der Waals surface area contributed by atoms with Gasteiger partial charge in [-0.25, -0.2) is 0 Å². The first-order valence-electron chi connectivity index (χ1n) is 5.29. The summed E-state index contributed by atoms with van der Waals surface area (Å²) in [5.41, 5.74) is 0. The van der Waals surface area contributed by atoms with E-state index in [-0.39, 0.29) is 11.8 Å². The van der Waals surface area contributed by atoms with Gasteiger partial charge in [-0.3, -0.25) is 9.59 Å². The summed E-state index contributed by atoms with van der Waals surface area (Å²) in [5, 5.41) is 8.73. The van der Waals surface area contributed by atoms with Gasteiger partial charge < -0.3 is 14.9 Å². The molecule has 5 nitrogen and oxygen atoms in total. The molecule has 0 bridgehead atoms. The smallest absolute Gasteiger partial charge is 0.307 e. The Balaban J connectivity index is 1.85. The first kappa shape index (κ1) is 10.4. The van der Waals surface area contributed by atoms with Crippen LogP contribution in [0.1, 0.15) is 6.42 Å². The zero-order chi connectivity index (χ0) is 11.0. The molecule has 0 aromatic rings. The van der Waals surface area contributed by atoms with E-state index in [1.54, 1.807) is 4.90 Å². The largest absolute Gasteiger partial charge is 0.481 e. The molecule has 2 fully saturated rings. The lowest BCUT2D eigenvalue weighted by Gasteiger charge is -2.32. The Morgan fingerprint density at radius 3 is 2.20 bits per heavy atom. The van der Waals surface area contributed by atoms with E-state index in [1.807, 2.05) is 7.05 Å². The van der Waals surface area contributed by atoms with Crippen LogP contribution in [0.15, 0.2) is 0 Å². The molecule has 0 aromatic carbocycles. The van der Waals surface area contributed by atoms with Crippen molar-refractivity contribution in [2.75, 3.05) is 33.2 Å². The van der Waals surface area contributed by atoms with Crippen LogP contribution in [0, 0.1) is 11.8 Å². The monoisotopic (exact) mass is 212 g/mol. The van der Waals surface area contributed by atoms with E-state index in [4.69, 9.17) is 5.11 Å². The van der Waals surface area contributed by atoms with Gasteiger partial charge in [0, 0.05) is 26.2 Å². The van der Waals surface area contributed by atoms with Gasteiger partial charge in [0.15, 0.2) is 0 Å². The van der Waals surface area contributed by atoms with Crippen molar-refractivity contribution >= 4 is 11.9 Å². The fourth-order valence-corrected chi connectivity index (χ4v) is 2.00. The predicted molar refractivity (Wildman–Crippen MR) is 53.3 cm³/mol. The molecule has 1 N–H and O–H groups in total. The van der Waals surface area contributed by atoms with Crippen molar-refractivity contribution in [3.05, 3.63) is 0 Å². The molecule has 2 aliphatic rings. The van der Waals surface area contributed by atoms with Crippen molar-refractivity contribution in [2.45, 2.75) is 6.42 Å². The molecule has 2 unspecified atom stereocenters. The lowest BCUT2D eigenvalue weighted by molar-refractivity contribution is -0.142. The van der Waals surface area contributed by atoms with Gasteiger partial charge in [0.05, 0.1) is 11.8 Å². The van der Waals surface area contributed by atoms with Gasteiger partial charge in [0.25, 0.3) is 0 Å². The van der Waals surface area contributed by atoms with E-state index in [2.05, 4.69) is 4.90 Å². The molecule has 5 heteroatoms. The Hall–Kier alpha value is -1.10. The highest BCUT2D eigenvalue weighted by Gasteiger charge is 2.49. The minimum Gasteiger partial charge on any atom is -0.481 e. The molecule has 1 heterocycles. The molecule has 15 heavy (non-hydrogen) atoms. The number of carbonyl (C=O) groups is 2. The van der Waals surface area contributed by atoms with Crippen LogP contribution in [-0.4, -0.2) is 60.0 Å². The van der Waals surface area contributed by atoms with Crippen LogP contribution in [0.25, 0.3) is 0 Å². The van der Waals surface area contributed by atoms with E-state index in [9.17, 15) is 9.59 Å². The number of hydrogen-bond acceptors (Lipinski definition) is 3. The highest BCUT2D eigenvalue weighted by molar-refractivity contribution is 5.89. The van der Waals surface area contributed by atoms with E-state index in [1.165, 1.54) is 0 Å². The summed E-state index contributed by atoms with van der Waals surface area (Å²) in [4.78, 5) is 26.4. The third-order valence-electron chi connectivity index (χ3n) is 3.24. The van der Waals surface area contributed by atoms with Crippen LogP contribution >= 0.6 is 0 Å². The molecule has 2 atom stereocenters. The number of carbonyl (C=O) groups excluding carboxylic acids is 1. The van der Waals surface area contributed by atoms with Crippen LogP contribution in [0.4, 0.5) is 0 Å². The van der Waals surface area contributed by atoms with E-state index in [0.29, 0.717) is 6.42 Å². The third-order valence-corrected chi connectivity index (χ3v) is 3.24. The Morgan fingerprint density at radius 1 is 1.13 bits per heavy atom. The average Bonchev–Trinajstić information content (AvgIpc) is 2.97. The second-order valence-corrected chi connectivity index (χ2v) is 4.42. The van der Waals surface area contributed by atoms with Gasteiger partial charge in [-0.05, 0) is 13.5 Å². The number of carboxylic acid groups (broad SMARTS) is 1. The van der Waals surface area contributed by atoms with E-state index < -0.39 is 11.9 Å². The molecule has 0 radical (unpaired) electrons. The van der Waals surface area contributed by atoms with Gasteiger partial charge in [-0.1, -0.05) is 0 Å². The standard InChI is InChI=1S/C10H16N2O3/c1-11-2-4-12(5-3-11)9(13)7-6-8(7)10(14)15/h7-8H,2-6H2,1H3,(H,14,15). The van der Waals surface area contributed by atoms with Gasteiger partial charge >= 0.3 is 5.97 Å². The number of piperazine rings is 1. The van der Waals surface area contributed by atoms with Crippen LogP contribution < -0.4 is 0 Å². The maximum Gasteiger partial charge on any atom is 0.307 e. The first-order chi connectivity index (χ1) is 7.09. The molecule has 1 amide bonds. The minimum atomic E-state index is -0.831. The summed E-state index contributed by atoms with van der Waals surface area (Å²) in [7, 11) is 2.03. The molecule has 0 aromatic heterocycles. The van der Waals surface area contributed by atoms with Crippen LogP contribution in [0.5, 0.6) is 0 Å². The Labute approximate surface area is 88.6 Å². The maximum absolute atomic E-state index is 11.8. The number of nitrogens with zero attached hydrogens (tertiary/aromatic N) is 2. The van der Waals surface area contributed by atoms with Crippen LogP contribution in [0.2, 0.25) is 0 Å².